The van der Waals surface area contributed by atoms with Crippen molar-refractivity contribution in [2.45, 2.75) is 64.8 Å². The fourth-order valence-electron chi connectivity index (χ4n) is 1.67. The van der Waals surface area contributed by atoms with E-state index in [0.717, 1.165) is 0 Å². The first-order valence-corrected chi connectivity index (χ1v) is 7.29. The van der Waals surface area contributed by atoms with Crippen molar-refractivity contribution in [1.29, 1.82) is 0 Å². The zero-order valence-electron chi connectivity index (χ0n) is 14.1. The molecule has 0 aliphatic rings. The monoisotopic (exact) mass is 311 g/mol. The molecule has 22 heavy (non-hydrogen) atoms. The predicted octanol–water partition coefficient (Wildman–Crippen LogP) is 2.01. The summed E-state index contributed by atoms with van der Waals surface area (Å²) in [4.78, 5) is 28.7. The maximum Gasteiger partial charge on any atom is 0.329 e. The maximum atomic E-state index is 12.0. The lowest BCUT2D eigenvalue weighted by molar-refractivity contribution is -0.155. The van der Waals surface area contributed by atoms with E-state index in [9.17, 15) is 9.59 Å². The summed E-state index contributed by atoms with van der Waals surface area (Å²) >= 11 is 0. The van der Waals surface area contributed by atoms with Crippen LogP contribution in [0.25, 0.3) is 0 Å². The van der Waals surface area contributed by atoms with Gasteiger partial charge in [-0.1, -0.05) is 25.9 Å². The smallest absolute Gasteiger partial charge is 0.329 e. The number of aliphatic carboxylic acids is 1. The molecule has 1 aromatic rings. The minimum atomic E-state index is -1.22. The summed E-state index contributed by atoms with van der Waals surface area (Å²) in [5, 5.41) is 13.0. The van der Waals surface area contributed by atoms with E-state index in [1.54, 1.807) is 0 Å². The minimum Gasteiger partial charge on any atom is -0.480 e. The van der Waals surface area contributed by atoms with Crippen LogP contribution in [0.5, 0.6) is 0 Å². The Kier molecular flexibility index (Phi) is 5.32. The molecular formula is C15H25N3O4. The fourth-order valence-corrected chi connectivity index (χ4v) is 1.67. The Bertz CT molecular complexity index is 543. The average molecular weight is 311 g/mol. The molecule has 1 aromatic heterocycles. The molecule has 7 heteroatoms. The van der Waals surface area contributed by atoms with Crippen molar-refractivity contribution < 1.29 is 19.2 Å². The number of carbonyl (C=O) groups excluding carboxylic acids is 1. The molecule has 0 aliphatic heterocycles. The van der Waals surface area contributed by atoms with Gasteiger partial charge in [-0.3, -0.25) is 4.79 Å². The number of aromatic nitrogens is 2. The van der Waals surface area contributed by atoms with Crippen molar-refractivity contribution in [3.8, 4) is 0 Å². The molecule has 0 atom stereocenters. The first kappa shape index (κ1) is 18.1. The van der Waals surface area contributed by atoms with Crippen LogP contribution in [0.3, 0.4) is 0 Å². The van der Waals surface area contributed by atoms with Crippen LogP contribution in [0.15, 0.2) is 4.52 Å². The van der Waals surface area contributed by atoms with Gasteiger partial charge in [0.1, 0.15) is 5.54 Å². The molecule has 0 aromatic carbocycles. The molecule has 0 bridgehead atoms. The molecule has 1 N–H and O–H groups in total. The quantitative estimate of drug-likeness (QED) is 0.863. The number of likely N-dealkylation sites (N-methyl/N-ethyl adjacent to an activating group) is 1. The largest absolute Gasteiger partial charge is 0.480 e. The molecule has 124 valence electrons. The van der Waals surface area contributed by atoms with E-state index in [1.807, 2.05) is 20.8 Å². The predicted molar refractivity (Wildman–Crippen MR) is 80.4 cm³/mol. The van der Waals surface area contributed by atoms with Crippen molar-refractivity contribution in [2.75, 3.05) is 7.05 Å². The van der Waals surface area contributed by atoms with E-state index >= 15 is 0 Å². The molecule has 0 saturated heterocycles. The van der Waals surface area contributed by atoms with Crippen LogP contribution in [-0.2, 0) is 21.4 Å². The second-order valence-electron chi connectivity index (χ2n) is 6.93. The number of carboxylic acid groups (broad SMARTS) is 1. The average Bonchev–Trinajstić information content (AvgIpc) is 2.86. The topological polar surface area (TPSA) is 96.5 Å². The highest BCUT2D eigenvalue weighted by Crippen LogP contribution is 2.19. The number of hydrogen-bond acceptors (Lipinski definition) is 5. The lowest BCUT2D eigenvalue weighted by Crippen LogP contribution is -2.50. The van der Waals surface area contributed by atoms with Crippen LogP contribution in [0, 0.1) is 0 Å². The van der Waals surface area contributed by atoms with Crippen molar-refractivity contribution in [1.82, 2.24) is 15.0 Å². The van der Waals surface area contributed by atoms with Crippen LogP contribution in [-0.4, -0.2) is 44.6 Å². The van der Waals surface area contributed by atoms with Crippen molar-refractivity contribution >= 4 is 11.9 Å². The van der Waals surface area contributed by atoms with Crippen LogP contribution < -0.4 is 0 Å². The number of carboxylic acids is 1. The van der Waals surface area contributed by atoms with Gasteiger partial charge in [-0.05, 0) is 20.3 Å². The Morgan fingerprint density at radius 1 is 1.23 bits per heavy atom. The molecule has 0 unspecified atom stereocenters. The normalized spacial score (nSPS) is 12.3. The Balaban J connectivity index is 2.52. The lowest BCUT2D eigenvalue weighted by Gasteiger charge is -2.31. The van der Waals surface area contributed by atoms with E-state index in [4.69, 9.17) is 9.63 Å². The van der Waals surface area contributed by atoms with Gasteiger partial charge in [0.15, 0.2) is 5.82 Å². The number of rotatable bonds is 6. The van der Waals surface area contributed by atoms with Gasteiger partial charge in [0, 0.05) is 25.3 Å². The second kappa shape index (κ2) is 6.46. The van der Waals surface area contributed by atoms with Gasteiger partial charge in [-0.15, -0.1) is 0 Å². The molecule has 1 rings (SSSR count). The summed E-state index contributed by atoms with van der Waals surface area (Å²) in [6, 6.07) is 0. The third-order valence-electron chi connectivity index (χ3n) is 3.66. The Hall–Kier alpha value is -1.92. The fraction of sp³-hybridized carbons (Fsp3) is 0.733. The molecule has 0 fully saturated rings. The molecule has 0 spiro atoms. The third kappa shape index (κ3) is 4.29. The van der Waals surface area contributed by atoms with Crippen molar-refractivity contribution in [3.05, 3.63) is 11.7 Å². The summed E-state index contributed by atoms with van der Waals surface area (Å²) in [5.74, 6) is -0.117. The molecule has 0 aliphatic carbocycles. The number of aryl methyl sites for hydroxylation is 1. The van der Waals surface area contributed by atoms with Gasteiger partial charge in [0.2, 0.25) is 11.8 Å². The Morgan fingerprint density at radius 3 is 2.27 bits per heavy atom. The first-order valence-electron chi connectivity index (χ1n) is 7.29. The summed E-state index contributed by atoms with van der Waals surface area (Å²) in [6.45, 7) is 8.98. The van der Waals surface area contributed by atoms with Crippen LogP contribution in [0.2, 0.25) is 0 Å². The van der Waals surface area contributed by atoms with Crippen molar-refractivity contribution in [2.24, 2.45) is 0 Å². The first-order chi connectivity index (χ1) is 9.96. The van der Waals surface area contributed by atoms with Gasteiger partial charge in [-0.2, -0.15) is 4.98 Å². The highest BCUT2D eigenvalue weighted by molar-refractivity contribution is 5.86. The Labute approximate surface area is 130 Å². The number of nitrogens with zero attached hydrogens (tertiary/aromatic N) is 3. The summed E-state index contributed by atoms with van der Waals surface area (Å²) in [6.07, 6.45) is 1.27. The molecule has 0 saturated carbocycles. The highest BCUT2D eigenvalue weighted by Gasteiger charge is 2.34. The van der Waals surface area contributed by atoms with Gasteiger partial charge >= 0.3 is 5.97 Å². The molecule has 1 amide bonds. The highest BCUT2D eigenvalue weighted by atomic mass is 16.5. The zero-order valence-corrected chi connectivity index (χ0v) is 14.1. The van der Waals surface area contributed by atoms with E-state index in [-0.39, 0.29) is 17.7 Å². The second-order valence-corrected chi connectivity index (χ2v) is 6.93. The maximum absolute atomic E-state index is 12.0. The molecule has 7 nitrogen and oxygen atoms in total. The van der Waals surface area contributed by atoms with Crippen molar-refractivity contribution in [3.63, 3.8) is 0 Å². The summed E-state index contributed by atoms with van der Waals surface area (Å²) < 4.78 is 5.16. The minimum absolute atomic E-state index is 0.177. The standard InChI is InChI=1S/C15H25N3O4/c1-14(2,3)12-16-10(22-17-12)8-7-9-11(19)18(6)15(4,5)13(20)21/h7-9H2,1-6H3,(H,20,21). The van der Waals surface area contributed by atoms with Crippen LogP contribution >= 0.6 is 0 Å². The Morgan fingerprint density at radius 2 is 1.82 bits per heavy atom. The van der Waals surface area contributed by atoms with E-state index in [1.165, 1.54) is 25.8 Å². The third-order valence-corrected chi connectivity index (χ3v) is 3.66. The van der Waals surface area contributed by atoms with E-state index < -0.39 is 11.5 Å². The zero-order chi connectivity index (χ0) is 17.1. The lowest BCUT2D eigenvalue weighted by atomic mass is 9.96. The van der Waals surface area contributed by atoms with Crippen LogP contribution in [0.4, 0.5) is 0 Å². The number of hydrogen-bond donors (Lipinski definition) is 1. The summed E-state index contributed by atoms with van der Waals surface area (Å²) in [7, 11) is 1.50. The van der Waals surface area contributed by atoms with Crippen LogP contribution in [0.1, 0.15) is 59.2 Å². The molecule has 0 radical (unpaired) electrons. The van der Waals surface area contributed by atoms with Gasteiger partial charge in [0.05, 0.1) is 0 Å². The number of carbonyl (C=O) groups is 2. The molecular weight excluding hydrogens is 286 g/mol. The van der Waals surface area contributed by atoms with Gasteiger partial charge in [-0.25, -0.2) is 4.79 Å². The number of amides is 1. The van der Waals surface area contributed by atoms with E-state index in [0.29, 0.717) is 24.6 Å². The van der Waals surface area contributed by atoms with Gasteiger partial charge in [0.25, 0.3) is 0 Å². The van der Waals surface area contributed by atoms with E-state index in [2.05, 4.69) is 10.1 Å². The summed E-state index contributed by atoms with van der Waals surface area (Å²) in [5.41, 5.74) is -1.40. The van der Waals surface area contributed by atoms with Gasteiger partial charge < -0.3 is 14.5 Å². The molecule has 1 heterocycles. The SMILES string of the molecule is CN(C(=O)CCCc1nc(C(C)(C)C)no1)C(C)(C)C(=O)O.